The smallest absolute Gasteiger partial charge is 0.337 e. The minimum absolute atomic E-state index is 0.365. The molecule has 1 N–H and O–H groups in total. The Balaban J connectivity index is 1.95. The van der Waals surface area contributed by atoms with Crippen LogP contribution in [-0.4, -0.2) is 18.2 Å². The summed E-state index contributed by atoms with van der Waals surface area (Å²) in [5.41, 5.74) is 2.51. The highest BCUT2D eigenvalue weighted by molar-refractivity contribution is 5.89. The van der Waals surface area contributed by atoms with Crippen LogP contribution in [0.15, 0.2) is 54.6 Å². The van der Waals surface area contributed by atoms with Crippen molar-refractivity contribution in [2.75, 3.05) is 7.11 Å². The van der Waals surface area contributed by atoms with Crippen LogP contribution >= 0.6 is 0 Å². The average molecular weight is 270 g/mol. The number of aliphatic hydroxyl groups is 1. The molecule has 1 unspecified atom stereocenters. The maximum Gasteiger partial charge on any atom is 0.337 e. The first-order valence-electron chi connectivity index (χ1n) is 6.61. The van der Waals surface area contributed by atoms with E-state index in [2.05, 4.69) is 4.74 Å². The second-order valence-electron chi connectivity index (χ2n) is 4.65. The molecule has 2 aromatic rings. The third-order valence-electron chi connectivity index (χ3n) is 3.27. The van der Waals surface area contributed by atoms with Gasteiger partial charge in [-0.05, 0) is 36.1 Å². The highest BCUT2D eigenvalue weighted by Crippen LogP contribution is 2.19. The standard InChI is InChI=1S/C17H18O3/c1-20-17(19)15-10-8-14(9-11-15)16(18)12-7-13-5-3-2-4-6-13/h2-6,8-11,16,18H,7,12H2,1H3. The van der Waals surface area contributed by atoms with Gasteiger partial charge in [0, 0.05) is 0 Å². The van der Waals surface area contributed by atoms with E-state index in [1.54, 1.807) is 24.3 Å². The Labute approximate surface area is 118 Å². The summed E-state index contributed by atoms with van der Waals surface area (Å²) < 4.78 is 4.64. The van der Waals surface area contributed by atoms with Crippen molar-refractivity contribution in [1.29, 1.82) is 0 Å². The van der Waals surface area contributed by atoms with Crippen molar-refractivity contribution in [3.63, 3.8) is 0 Å². The Morgan fingerprint density at radius 1 is 1.10 bits per heavy atom. The van der Waals surface area contributed by atoms with Crippen LogP contribution in [0.2, 0.25) is 0 Å². The van der Waals surface area contributed by atoms with Crippen molar-refractivity contribution in [3.05, 3.63) is 71.3 Å². The Morgan fingerprint density at radius 2 is 1.75 bits per heavy atom. The van der Waals surface area contributed by atoms with Gasteiger partial charge in [0.25, 0.3) is 0 Å². The Morgan fingerprint density at radius 3 is 2.35 bits per heavy atom. The van der Waals surface area contributed by atoms with Gasteiger partial charge >= 0.3 is 5.97 Å². The first kappa shape index (κ1) is 14.3. The Hall–Kier alpha value is -2.13. The molecule has 1 atom stereocenters. The van der Waals surface area contributed by atoms with E-state index < -0.39 is 6.10 Å². The SMILES string of the molecule is COC(=O)c1ccc(C(O)CCc2ccccc2)cc1. The molecule has 0 aromatic heterocycles. The van der Waals surface area contributed by atoms with Gasteiger partial charge in [-0.15, -0.1) is 0 Å². The molecule has 0 aliphatic heterocycles. The van der Waals surface area contributed by atoms with Crippen LogP contribution in [0.5, 0.6) is 0 Å². The monoisotopic (exact) mass is 270 g/mol. The third kappa shape index (κ3) is 3.68. The number of aliphatic hydroxyl groups excluding tert-OH is 1. The first-order chi connectivity index (χ1) is 9.70. The summed E-state index contributed by atoms with van der Waals surface area (Å²) >= 11 is 0. The summed E-state index contributed by atoms with van der Waals surface area (Å²) in [6, 6.07) is 16.9. The Kier molecular flexibility index (Phi) is 4.91. The average Bonchev–Trinajstić information content (AvgIpc) is 2.53. The second-order valence-corrected chi connectivity index (χ2v) is 4.65. The van der Waals surface area contributed by atoms with E-state index in [9.17, 15) is 9.90 Å². The molecule has 2 rings (SSSR count). The van der Waals surface area contributed by atoms with Crippen LogP contribution in [-0.2, 0) is 11.2 Å². The zero-order valence-electron chi connectivity index (χ0n) is 11.5. The summed E-state index contributed by atoms with van der Waals surface area (Å²) in [5, 5.41) is 10.2. The van der Waals surface area contributed by atoms with E-state index in [0.717, 1.165) is 12.0 Å². The van der Waals surface area contributed by atoms with E-state index in [-0.39, 0.29) is 5.97 Å². The first-order valence-corrected chi connectivity index (χ1v) is 6.61. The zero-order valence-corrected chi connectivity index (χ0v) is 11.5. The fourth-order valence-electron chi connectivity index (χ4n) is 2.07. The molecule has 0 fully saturated rings. The topological polar surface area (TPSA) is 46.5 Å². The third-order valence-corrected chi connectivity index (χ3v) is 3.27. The number of carbonyl (C=O) groups is 1. The lowest BCUT2D eigenvalue weighted by atomic mass is 10.0. The molecular formula is C17H18O3. The second kappa shape index (κ2) is 6.87. The molecule has 3 nitrogen and oxygen atoms in total. The number of aryl methyl sites for hydroxylation is 1. The van der Waals surface area contributed by atoms with Gasteiger partial charge in [0.2, 0.25) is 0 Å². The summed E-state index contributed by atoms with van der Waals surface area (Å²) in [4.78, 5) is 11.3. The molecule has 0 bridgehead atoms. The Bertz CT molecular complexity index is 546. The number of esters is 1. The lowest BCUT2D eigenvalue weighted by Gasteiger charge is -2.11. The van der Waals surface area contributed by atoms with Gasteiger partial charge in [-0.2, -0.15) is 0 Å². The van der Waals surface area contributed by atoms with E-state index >= 15 is 0 Å². The quantitative estimate of drug-likeness (QED) is 0.849. The molecule has 104 valence electrons. The van der Waals surface area contributed by atoms with Crippen molar-refractivity contribution in [3.8, 4) is 0 Å². The van der Waals surface area contributed by atoms with Crippen molar-refractivity contribution in [2.24, 2.45) is 0 Å². The van der Waals surface area contributed by atoms with Crippen LogP contribution < -0.4 is 0 Å². The highest BCUT2D eigenvalue weighted by Gasteiger charge is 2.10. The van der Waals surface area contributed by atoms with Crippen LogP contribution in [0.25, 0.3) is 0 Å². The number of methoxy groups -OCH3 is 1. The number of hydrogen-bond donors (Lipinski definition) is 1. The molecule has 0 saturated heterocycles. The number of ether oxygens (including phenoxy) is 1. The molecule has 20 heavy (non-hydrogen) atoms. The van der Waals surface area contributed by atoms with E-state index in [4.69, 9.17) is 0 Å². The predicted octanol–water partition coefficient (Wildman–Crippen LogP) is 3.14. The van der Waals surface area contributed by atoms with Crippen LogP contribution in [0.4, 0.5) is 0 Å². The van der Waals surface area contributed by atoms with Crippen LogP contribution in [0.3, 0.4) is 0 Å². The summed E-state index contributed by atoms with van der Waals surface area (Å²) in [7, 11) is 1.35. The molecule has 0 amide bonds. The van der Waals surface area contributed by atoms with Crippen molar-refractivity contribution < 1.29 is 14.6 Å². The minimum atomic E-state index is -0.526. The number of benzene rings is 2. The van der Waals surface area contributed by atoms with Crippen LogP contribution in [0.1, 0.15) is 34.0 Å². The number of carbonyl (C=O) groups excluding carboxylic acids is 1. The fourth-order valence-corrected chi connectivity index (χ4v) is 2.07. The molecule has 0 heterocycles. The van der Waals surface area contributed by atoms with Crippen molar-refractivity contribution in [1.82, 2.24) is 0 Å². The molecular weight excluding hydrogens is 252 g/mol. The molecule has 0 saturated carbocycles. The number of rotatable bonds is 5. The molecule has 0 aliphatic rings. The summed E-state index contributed by atoms with van der Waals surface area (Å²) in [6.07, 6.45) is 0.949. The maximum absolute atomic E-state index is 11.3. The lowest BCUT2D eigenvalue weighted by Crippen LogP contribution is -2.03. The zero-order chi connectivity index (χ0) is 14.4. The molecule has 0 aliphatic carbocycles. The predicted molar refractivity (Wildman–Crippen MR) is 77.5 cm³/mol. The normalized spacial score (nSPS) is 11.9. The van der Waals surface area contributed by atoms with E-state index in [0.29, 0.717) is 12.0 Å². The van der Waals surface area contributed by atoms with Gasteiger partial charge in [0.05, 0.1) is 18.8 Å². The van der Waals surface area contributed by atoms with Crippen molar-refractivity contribution in [2.45, 2.75) is 18.9 Å². The van der Waals surface area contributed by atoms with Gasteiger partial charge in [0.1, 0.15) is 0 Å². The summed E-state index contributed by atoms with van der Waals surface area (Å²) in [5.74, 6) is -0.365. The molecule has 0 spiro atoms. The maximum atomic E-state index is 11.3. The highest BCUT2D eigenvalue weighted by atomic mass is 16.5. The van der Waals surface area contributed by atoms with Gasteiger partial charge in [0.15, 0.2) is 0 Å². The lowest BCUT2D eigenvalue weighted by molar-refractivity contribution is 0.0600. The van der Waals surface area contributed by atoms with Gasteiger partial charge in [-0.25, -0.2) is 4.79 Å². The minimum Gasteiger partial charge on any atom is -0.465 e. The molecule has 2 aromatic carbocycles. The summed E-state index contributed by atoms with van der Waals surface area (Å²) in [6.45, 7) is 0. The van der Waals surface area contributed by atoms with Crippen molar-refractivity contribution >= 4 is 5.97 Å². The van der Waals surface area contributed by atoms with E-state index in [1.165, 1.54) is 12.7 Å². The molecule has 0 radical (unpaired) electrons. The van der Waals surface area contributed by atoms with Gasteiger partial charge < -0.3 is 9.84 Å². The van der Waals surface area contributed by atoms with Gasteiger partial charge in [-0.3, -0.25) is 0 Å². The van der Waals surface area contributed by atoms with Crippen LogP contribution in [0, 0.1) is 0 Å². The van der Waals surface area contributed by atoms with Gasteiger partial charge in [-0.1, -0.05) is 42.5 Å². The fraction of sp³-hybridized carbons (Fsp3) is 0.235. The number of hydrogen-bond acceptors (Lipinski definition) is 3. The molecule has 3 heteroatoms. The largest absolute Gasteiger partial charge is 0.465 e. The van der Waals surface area contributed by atoms with E-state index in [1.807, 2.05) is 30.3 Å².